The van der Waals surface area contributed by atoms with Gasteiger partial charge in [0.25, 0.3) is 5.91 Å². The third-order valence-corrected chi connectivity index (χ3v) is 4.85. The van der Waals surface area contributed by atoms with Gasteiger partial charge < -0.3 is 19.5 Å². The maximum absolute atomic E-state index is 12.9. The van der Waals surface area contributed by atoms with Crippen molar-refractivity contribution < 1.29 is 19.0 Å². The van der Waals surface area contributed by atoms with Crippen LogP contribution in [0.5, 0.6) is 11.5 Å². The van der Waals surface area contributed by atoms with E-state index in [1.807, 2.05) is 49.5 Å². The highest BCUT2D eigenvalue weighted by Gasteiger charge is 2.36. The average molecular weight is 370 g/mol. The summed E-state index contributed by atoms with van der Waals surface area (Å²) in [5.74, 6) is 1.26. The lowest BCUT2D eigenvalue weighted by atomic mass is 9.98. The number of ether oxygens (including phenoxy) is 3. The zero-order valence-corrected chi connectivity index (χ0v) is 16.0. The number of morpholine rings is 1. The lowest BCUT2D eigenvalue weighted by molar-refractivity contribution is -0.144. The largest absolute Gasteiger partial charge is 0.497 e. The van der Waals surface area contributed by atoms with Gasteiger partial charge in [-0.3, -0.25) is 9.69 Å². The Bertz CT molecular complexity index is 766. The van der Waals surface area contributed by atoms with E-state index < -0.39 is 6.10 Å². The van der Waals surface area contributed by atoms with Crippen LogP contribution in [0.25, 0.3) is 0 Å². The van der Waals surface area contributed by atoms with Crippen molar-refractivity contribution in [1.29, 1.82) is 0 Å². The number of likely N-dealkylation sites (N-methyl/N-ethyl adjacent to an activating group) is 1. The predicted molar refractivity (Wildman–Crippen MR) is 103 cm³/mol. The summed E-state index contributed by atoms with van der Waals surface area (Å²) in [6.07, 6.45) is -0.560. The zero-order chi connectivity index (χ0) is 19.2. The van der Waals surface area contributed by atoms with Gasteiger partial charge in [0.05, 0.1) is 26.9 Å². The van der Waals surface area contributed by atoms with Crippen LogP contribution in [0.2, 0.25) is 0 Å². The summed E-state index contributed by atoms with van der Waals surface area (Å²) >= 11 is 0. The van der Waals surface area contributed by atoms with Crippen molar-refractivity contribution in [2.45, 2.75) is 18.7 Å². The number of hydrogen-bond donors (Lipinski definition) is 1. The van der Waals surface area contributed by atoms with Crippen molar-refractivity contribution in [1.82, 2.24) is 10.2 Å². The highest BCUT2D eigenvalue weighted by molar-refractivity contribution is 5.82. The van der Waals surface area contributed by atoms with E-state index in [1.165, 1.54) is 0 Å². The first-order valence-electron chi connectivity index (χ1n) is 8.99. The van der Waals surface area contributed by atoms with E-state index in [0.29, 0.717) is 24.7 Å². The van der Waals surface area contributed by atoms with Gasteiger partial charge in [-0.05, 0) is 24.7 Å². The predicted octanol–water partition coefficient (Wildman–Crippen LogP) is 2.39. The fourth-order valence-corrected chi connectivity index (χ4v) is 3.36. The second-order valence-corrected chi connectivity index (χ2v) is 6.52. The fraction of sp³-hybridized carbons (Fsp3) is 0.381. The van der Waals surface area contributed by atoms with E-state index in [2.05, 4.69) is 10.2 Å². The Labute approximate surface area is 160 Å². The standard InChI is InChI=1S/C21H26N2O4/c1-23-11-12-27-20(19(23)15-7-5-4-6-8-15)21(24)22-14-16-9-10-17(25-2)13-18(16)26-3/h4-10,13,19-20H,11-12,14H2,1-3H3,(H,22,24)/t19-,20+/m0/s1. The maximum Gasteiger partial charge on any atom is 0.251 e. The van der Waals surface area contributed by atoms with Crippen LogP contribution in [0.1, 0.15) is 17.2 Å². The van der Waals surface area contributed by atoms with E-state index in [4.69, 9.17) is 14.2 Å². The first kappa shape index (κ1) is 19.2. The molecule has 0 radical (unpaired) electrons. The number of nitrogens with zero attached hydrogens (tertiary/aromatic N) is 1. The molecule has 27 heavy (non-hydrogen) atoms. The van der Waals surface area contributed by atoms with Crippen LogP contribution < -0.4 is 14.8 Å². The Balaban J connectivity index is 1.73. The third-order valence-electron chi connectivity index (χ3n) is 4.85. The van der Waals surface area contributed by atoms with Gasteiger partial charge in [0, 0.05) is 24.7 Å². The van der Waals surface area contributed by atoms with E-state index in [-0.39, 0.29) is 11.9 Å². The minimum absolute atomic E-state index is 0.113. The molecule has 1 fully saturated rings. The minimum Gasteiger partial charge on any atom is -0.497 e. The molecule has 1 saturated heterocycles. The third kappa shape index (κ3) is 4.40. The number of hydrogen-bond acceptors (Lipinski definition) is 5. The second kappa shape index (κ2) is 8.88. The van der Waals surface area contributed by atoms with Gasteiger partial charge in [0.2, 0.25) is 0 Å². The molecular formula is C21H26N2O4. The van der Waals surface area contributed by atoms with Crippen LogP contribution in [0.4, 0.5) is 0 Å². The van der Waals surface area contributed by atoms with Gasteiger partial charge in [0.15, 0.2) is 6.10 Å². The molecule has 0 saturated carbocycles. The molecule has 0 unspecified atom stereocenters. The molecule has 1 N–H and O–H groups in total. The molecule has 0 spiro atoms. The molecule has 1 aliphatic rings. The van der Waals surface area contributed by atoms with Crippen LogP contribution in [0.3, 0.4) is 0 Å². The van der Waals surface area contributed by atoms with Crippen molar-refractivity contribution in [2.75, 3.05) is 34.4 Å². The maximum atomic E-state index is 12.9. The molecule has 2 atom stereocenters. The van der Waals surface area contributed by atoms with Crippen LogP contribution in [0, 0.1) is 0 Å². The quantitative estimate of drug-likeness (QED) is 0.846. The van der Waals surface area contributed by atoms with Crippen molar-refractivity contribution in [3.63, 3.8) is 0 Å². The van der Waals surface area contributed by atoms with Gasteiger partial charge in [-0.1, -0.05) is 30.3 Å². The smallest absolute Gasteiger partial charge is 0.251 e. The highest BCUT2D eigenvalue weighted by Crippen LogP contribution is 2.29. The van der Waals surface area contributed by atoms with E-state index >= 15 is 0 Å². The molecule has 1 heterocycles. The van der Waals surface area contributed by atoms with Gasteiger partial charge >= 0.3 is 0 Å². The van der Waals surface area contributed by atoms with Crippen molar-refractivity contribution in [3.8, 4) is 11.5 Å². The molecule has 6 heteroatoms. The van der Waals surface area contributed by atoms with E-state index in [0.717, 1.165) is 17.7 Å². The average Bonchev–Trinajstić information content (AvgIpc) is 2.72. The topological polar surface area (TPSA) is 60.0 Å². The second-order valence-electron chi connectivity index (χ2n) is 6.52. The molecule has 6 nitrogen and oxygen atoms in total. The summed E-state index contributed by atoms with van der Waals surface area (Å²) in [6.45, 7) is 1.68. The van der Waals surface area contributed by atoms with Gasteiger partial charge in [-0.25, -0.2) is 0 Å². The summed E-state index contributed by atoms with van der Waals surface area (Å²) in [7, 11) is 5.23. The number of benzene rings is 2. The Morgan fingerprint density at radius 3 is 2.67 bits per heavy atom. The molecule has 0 aromatic heterocycles. The molecule has 1 aliphatic heterocycles. The molecule has 1 amide bonds. The molecule has 2 aromatic carbocycles. The number of carbonyl (C=O) groups excluding carboxylic acids is 1. The lowest BCUT2D eigenvalue weighted by Gasteiger charge is -2.38. The number of rotatable bonds is 6. The lowest BCUT2D eigenvalue weighted by Crippen LogP contribution is -2.50. The Hall–Kier alpha value is -2.57. The molecule has 3 rings (SSSR count). The van der Waals surface area contributed by atoms with Gasteiger partial charge in [0.1, 0.15) is 11.5 Å². The van der Waals surface area contributed by atoms with Crippen molar-refractivity contribution in [3.05, 3.63) is 59.7 Å². The van der Waals surface area contributed by atoms with Crippen molar-refractivity contribution >= 4 is 5.91 Å². The summed E-state index contributed by atoms with van der Waals surface area (Å²) in [5, 5.41) is 2.99. The molecule has 144 valence electrons. The number of methoxy groups -OCH3 is 2. The van der Waals surface area contributed by atoms with E-state index in [9.17, 15) is 4.79 Å². The SMILES string of the molecule is COc1ccc(CNC(=O)[C@@H]2OCCN(C)[C@H]2c2ccccc2)c(OC)c1. The normalized spacial score (nSPS) is 20.1. The summed E-state index contributed by atoms with van der Waals surface area (Å²) in [4.78, 5) is 15.1. The number of carbonyl (C=O) groups is 1. The fourth-order valence-electron chi connectivity index (χ4n) is 3.36. The first-order valence-corrected chi connectivity index (χ1v) is 8.99. The Morgan fingerprint density at radius 2 is 1.96 bits per heavy atom. The Morgan fingerprint density at radius 1 is 1.19 bits per heavy atom. The van der Waals surface area contributed by atoms with Gasteiger partial charge in [-0.15, -0.1) is 0 Å². The monoisotopic (exact) mass is 370 g/mol. The van der Waals surface area contributed by atoms with Crippen LogP contribution in [-0.2, 0) is 16.1 Å². The molecular weight excluding hydrogens is 344 g/mol. The van der Waals surface area contributed by atoms with Crippen LogP contribution in [-0.4, -0.2) is 51.3 Å². The molecule has 0 aliphatic carbocycles. The van der Waals surface area contributed by atoms with Crippen LogP contribution in [0.15, 0.2) is 48.5 Å². The van der Waals surface area contributed by atoms with Crippen LogP contribution >= 0.6 is 0 Å². The molecule has 2 aromatic rings. The number of nitrogens with one attached hydrogen (secondary N) is 1. The summed E-state index contributed by atoms with van der Waals surface area (Å²) in [6, 6.07) is 15.4. The summed E-state index contributed by atoms with van der Waals surface area (Å²) in [5.41, 5.74) is 1.95. The molecule has 0 bridgehead atoms. The first-order chi connectivity index (χ1) is 13.1. The number of amides is 1. The minimum atomic E-state index is -0.560. The van der Waals surface area contributed by atoms with Gasteiger partial charge in [-0.2, -0.15) is 0 Å². The van der Waals surface area contributed by atoms with Crippen molar-refractivity contribution in [2.24, 2.45) is 0 Å². The highest BCUT2D eigenvalue weighted by atomic mass is 16.5. The zero-order valence-electron chi connectivity index (χ0n) is 16.0. The summed E-state index contributed by atoms with van der Waals surface area (Å²) < 4.78 is 16.5. The van der Waals surface area contributed by atoms with E-state index in [1.54, 1.807) is 20.3 Å². The Kier molecular flexibility index (Phi) is 6.32.